The van der Waals surface area contributed by atoms with Gasteiger partial charge in [0.25, 0.3) is 0 Å². The molecule has 0 radical (unpaired) electrons. The van der Waals surface area contributed by atoms with E-state index in [2.05, 4.69) is 5.10 Å². The monoisotopic (exact) mass is 357 g/mol. The Hall–Kier alpha value is -2.83. The van der Waals surface area contributed by atoms with Crippen LogP contribution >= 0.6 is 0 Å². The molecule has 1 amide bonds. The summed E-state index contributed by atoms with van der Waals surface area (Å²) in [6, 6.07) is 9.42. The number of nitrogens with zero attached hydrogens (tertiary/aromatic N) is 3. The molecule has 0 fully saturated rings. The van der Waals surface area contributed by atoms with Crippen molar-refractivity contribution >= 4 is 11.9 Å². The molecule has 138 valence electrons. The fraction of sp³-hybridized carbons (Fsp3) is 0.421. The van der Waals surface area contributed by atoms with Crippen molar-refractivity contribution in [1.29, 1.82) is 0 Å². The van der Waals surface area contributed by atoms with Crippen molar-refractivity contribution in [2.24, 2.45) is 7.05 Å². The predicted molar refractivity (Wildman–Crippen MR) is 94.8 cm³/mol. The van der Waals surface area contributed by atoms with Crippen molar-refractivity contribution in [3.63, 3.8) is 0 Å². The standard InChI is InChI=1S/C19H23N3O4/c1-3-25-19(24)18-15-13-22(11-9-16(15)21(2)20-18)17(23)10-12-26-14-7-5-4-6-8-14/h4-8H,3,9-13H2,1-2H3. The number of aromatic nitrogens is 2. The van der Waals surface area contributed by atoms with Crippen molar-refractivity contribution in [3.05, 3.63) is 47.3 Å². The summed E-state index contributed by atoms with van der Waals surface area (Å²) in [5.74, 6) is 0.314. The van der Waals surface area contributed by atoms with Gasteiger partial charge in [-0.25, -0.2) is 4.79 Å². The molecule has 2 aromatic rings. The number of aryl methyl sites for hydroxylation is 1. The van der Waals surface area contributed by atoms with Crippen molar-refractivity contribution in [2.45, 2.75) is 26.3 Å². The molecule has 7 nitrogen and oxygen atoms in total. The largest absolute Gasteiger partial charge is 0.493 e. The number of hydrogen-bond donors (Lipinski definition) is 0. The first-order valence-electron chi connectivity index (χ1n) is 8.77. The molecule has 0 unspecified atom stereocenters. The van der Waals surface area contributed by atoms with Gasteiger partial charge in [0.1, 0.15) is 5.75 Å². The minimum absolute atomic E-state index is 0.00485. The Labute approximate surface area is 152 Å². The average Bonchev–Trinajstić information content (AvgIpc) is 2.99. The van der Waals surface area contributed by atoms with Crippen molar-refractivity contribution in [3.8, 4) is 5.75 Å². The number of para-hydroxylation sites is 1. The molecule has 2 heterocycles. The summed E-state index contributed by atoms with van der Waals surface area (Å²) in [6.07, 6.45) is 0.961. The summed E-state index contributed by atoms with van der Waals surface area (Å²) < 4.78 is 12.4. The van der Waals surface area contributed by atoms with Gasteiger partial charge in [-0.2, -0.15) is 5.10 Å². The van der Waals surface area contributed by atoms with Gasteiger partial charge in [-0.05, 0) is 19.1 Å². The van der Waals surface area contributed by atoms with E-state index in [1.54, 1.807) is 16.5 Å². The van der Waals surface area contributed by atoms with Crippen LogP contribution in [-0.4, -0.2) is 46.3 Å². The van der Waals surface area contributed by atoms with Gasteiger partial charge in [-0.1, -0.05) is 18.2 Å². The number of esters is 1. The maximum absolute atomic E-state index is 12.5. The summed E-state index contributed by atoms with van der Waals surface area (Å²) in [6.45, 7) is 3.37. The molecule has 26 heavy (non-hydrogen) atoms. The van der Waals surface area contributed by atoms with Crippen LogP contribution in [0.3, 0.4) is 0 Å². The molecule has 1 aromatic heterocycles. The second-order valence-electron chi connectivity index (χ2n) is 6.09. The lowest BCUT2D eigenvalue weighted by Gasteiger charge is -2.27. The second-order valence-corrected chi connectivity index (χ2v) is 6.09. The summed E-state index contributed by atoms with van der Waals surface area (Å²) in [4.78, 5) is 26.4. The molecule has 7 heteroatoms. The van der Waals surface area contributed by atoms with E-state index in [0.717, 1.165) is 17.0 Å². The van der Waals surface area contributed by atoms with Crippen LogP contribution in [0, 0.1) is 0 Å². The number of fused-ring (bicyclic) bond motifs is 1. The van der Waals surface area contributed by atoms with Gasteiger partial charge in [0.05, 0.1) is 19.6 Å². The molecule has 3 rings (SSSR count). The molecule has 0 N–H and O–H groups in total. The third-order valence-electron chi connectivity index (χ3n) is 4.39. The fourth-order valence-electron chi connectivity index (χ4n) is 3.10. The van der Waals surface area contributed by atoms with Crippen molar-refractivity contribution in [1.82, 2.24) is 14.7 Å². The zero-order valence-corrected chi connectivity index (χ0v) is 15.1. The normalized spacial score (nSPS) is 13.2. The van der Waals surface area contributed by atoms with Gasteiger partial charge in [0, 0.05) is 37.8 Å². The van der Waals surface area contributed by atoms with Crippen LogP contribution in [0.1, 0.15) is 35.1 Å². The summed E-state index contributed by atoms with van der Waals surface area (Å²) in [7, 11) is 1.81. The number of carbonyl (C=O) groups is 2. The lowest BCUT2D eigenvalue weighted by molar-refractivity contribution is -0.132. The van der Waals surface area contributed by atoms with Crippen LogP contribution in [0.25, 0.3) is 0 Å². The molecule has 0 aliphatic carbocycles. The number of rotatable bonds is 6. The Kier molecular flexibility index (Phi) is 5.55. The smallest absolute Gasteiger partial charge is 0.359 e. The lowest BCUT2D eigenvalue weighted by atomic mass is 10.0. The molecule has 0 atom stereocenters. The first-order valence-corrected chi connectivity index (χ1v) is 8.77. The zero-order valence-electron chi connectivity index (χ0n) is 15.1. The van der Waals surface area contributed by atoms with Gasteiger partial charge in [0.2, 0.25) is 5.91 Å². The molecule has 1 aliphatic rings. The van der Waals surface area contributed by atoms with Gasteiger partial charge < -0.3 is 14.4 Å². The van der Waals surface area contributed by atoms with Gasteiger partial charge in [0.15, 0.2) is 5.69 Å². The summed E-state index contributed by atoms with van der Waals surface area (Å²) >= 11 is 0. The topological polar surface area (TPSA) is 73.7 Å². The third-order valence-corrected chi connectivity index (χ3v) is 4.39. The van der Waals surface area contributed by atoms with E-state index in [9.17, 15) is 9.59 Å². The Morgan fingerprint density at radius 3 is 2.73 bits per heavy atom. The van der Waals surface area contributed by atoms with E-state index in [4.69, 9.17) is 9.47 Å². The molecular weight excluding hydrogens is 334 g/mol. The summed E-state index contributed by atoms with van der Waals surface area (Å²) in [5.41, 5.74) is 2.08. The average molecular weight is 357 g/mol. The minimum atomic E-state index is -0.439. The van der Waals surface area contributed by atoms with E-state index in [-0.39, 0.29) is 5.91 Å². The molecule has 0 saturated carbocycles. The van der Waals surface area contributed by atoms with E-state index in [1.807, 2.05) is 37.4 Å². The van der Waals surface area contributed by atoms with Crippen molar-refractivity contribution in [2.75, 3.05) is 19.8 Å². The molecule has 1 aromatic carbocycles. The van der Waals surface area contributed by atoms with E-state index in [1.165, 1.54) is 0 Å². The van der Waals surface area contributed by atoms with Gasteiger partial charge >= 0.3 is 5.97 Å². The number of hydrogen-bond acceptors (Lipinski definition) is 5. The highest BCUT2D eigenvalue weighted by Gasteiger charge is 2.29. The first-order chi connectivity index (χ1) is 12.6. The van der Waals surface area contributed by atoms with Crippen LogP contribution in [0.4, 0.5) is 0 Å². The lowest BCUT2D eigenvalue weighted by Crippen LogP contribution is -2.37. The highest BCUT2D eigenvalue weighted by Crippen LogP contribution is 2.23. The van der Waals surface area contributed by atoms with Crippen LogP contribution in [0.5, 0.6) is 5.75 Å². The summed E-state index contributed by atoms with van der Waals surface area (Å²) in [5, 5.41) is 4.29. The Balaban J connectivity index is 1.62. The quantitative estimate of drug-likeness (QED) is 0.739. The SMILES string of the molecule is CCOC(=O)c1nn(C)c2c1CN(C(=O)CCOc1ccccc1)CC2. The first kappa shape index (κ1) is 18.0. The zero-order chi connectivity index (χ0) is 18.5. The highest BCUT2D eigenvalue weighted by atomic mass is 16.5. The predicted octanol–water partition coefficient (Wildman–Crippen LogP) is 1.95. The van der Waals surface area contributed by atoms with Gasteiger partial charge in [-0.3, -0.25) is 9.48 Å². The molecule has 1 aliphatic heterocycles. The van der Waals surface area contributed by atoms with Crippen LogP contribution in [0.2, 0.25) is 0 Å². The van der Waals surface area contributed by atoms with Crippen molar-refractivity contribution < 1.29 is 19.1 Å². The fourth-order valence-corrected chi connectivity index (χ4v) is 3.10. The number of benzene rings is 1. The highest BCUT2D eigenvalue weighted by molar-refractivity contribution is 5.89. The number of ether oxygens (including phenoxy) is 2. The minimum Gasteiger partial charge on any atom is -0.493 e. The molecule has 0 bridgehead atoms. The second kappa shape index (κ2) is 8.03. The molecule has 0 spiro atoms. The number of amides is 1. The molecular formula is C19H23N3O4. The maximum atomic E-state index is 12.5. The number of carbonyl (C=O) groups excluding carboxylic acids is 2. The third kappa shape index (κ3) is 3.87. The van der Waals surface area contributed by atoms with Crippen LogP contribution in [-0.2, 0) is 29.5 Å². The Bertz CT molecular complexity index is 786. The van der Waals surface area contributed by atoms with E-state index < -0.39 is 5.97 Å². The van der Waals surface area contributed by atoms with Gasteiger partial charge in [-0.15, -0.1) is 0 Å². The van der Waals surface area contributed by atoms with E-state index in [0.29, 0.717) is 44.8 Å². The Morgan fingerprint density at radius 1 is 1.23 bits per heavy atom. The maximum Gasteiger partial charge on any atom is 0.359 e. The van der Waals surface area contributed by atoms with Crippen LogP contribution in [0.15, 0.2) is 30.3 Å². The van der Waals surface area contributed by atoms with Crippen LogP contribution < -0.4 is 4.74 Å². The molecule has 0 saturated heterocycles. The van der Waals surface area contributed by atoms with E-state index >= 15 is 0 Å². The Morgan fingerprint density at radius 2 is 2.00 bits per heavy atom.